The molecule has 2 unspecified atom stereocenters. The molecule has 0 saturated carbocycles. The third-order valence-electron chi connectivity index (χ3n) is 18.6. The van der Waals surface area contributed by atoms with Gasteiger partial charge in [-0.05, 0) is 109 Å². The number of imide groups is 1. The number of carbonyl (C=O) groups excluding carboxylic acids is 7. The fraction of sp³-hybridized carbons (Fsp3) is 0.400. The van der Waals surface area contributed by atoms with Crippen molar-refractivity contribution in [1.82, 2.24) is 25.3 Å². The van der Waals surface area contributed by atoms with Crippen molar-refractivity contribution in [3.8, 4) is 23.0 Å². The molecule has 3 N–H and O–H groups in total. The number of likely N-dealkylation sites (tertiary alicyclic amines) is 1. The fourth-order valence-corrected chi connectivity index (χ4v) is 13.2. The monoisotopic (exact) mass is 1290 g/mol. The van der Waals surface area contributed by atoms with E-state index in [2.05, 4.69) is 52.0 Å². The van der Waals surface area contributed by atoms with Gasteiger partial charge in [-0.15, -0.1) is 0 Å². The average molecular weight is 1290 g/mol. The Morgan fingerprint density at radius 3 is 1.80 bits per heavy atom. The molecule has 0 bridgehead atoms. The van der Waals surface area contributed by atoms with Crippen LogP contribution in [-0.4, -0.2) is 140 Å². The number of piperidine rings is 1. The zero-order valence-electron chi connectivity index (χ0n) is 55.0. The number of methoxy groups -OCH3 is 2. The van der Waals surface area contributed by atoms with Gasteiger partial charge in [-0.25, -0.2) is 0 Å². The predicted molar refractivity (Wildman–Crippen MR) is 368 cm³/mol. The Balaban J connectivity index is 0.616. The molecule has 6 aliphatic heterocycles. The molecule has 2 fully saturated rings. The molecule has 0 radical (unpaired) electrons. The van der Waals surface area contributed by atoms with Crippen molar-refractivity contribution >= 4 is 87.7 Å². The molecule has 20 heteroatoms. The molecule has 95 heavy (non-hydrogen) atoms. The highest BCUT2D eigenvalue weighted by Crippen LogP contribution is 2.43. The topological polar surface area (TPSA) is 230 Å². The van der Waals surface area contributed by atoms with Crippen molar-refractivity contribution in [2.45, 2.75) is 129 Å². The summed E-state index contributed by atoms with van der Waals surface area (Å²) in [6.07, 6.45) is 29.0. The van der Waals surface area contributed by atoms with Crippen molar-refractivity contribution in [2.24, 2.45) is 27.7 Å². The molecular formula is C75H85N9O11. The van der Waals surface area contributed by atoms with Crippen LogP contribution in [0.3, 0.4) is 0 Å². The Hall–Kier alpha value is -9.85. The highest BCUT2D eigenvalue weighted by Gasteiger charge is 2.40. The quantitative estimate of drug-likeness (QED) is 0.0394. The molecule has 496 valence electrons. The van der Waals surface area contributed by atoms with Crippen molar-refractivity contribution in [3.63, 3.8) is 0 Å². The molecule has 4 aromatic carbocycles. The van der Waals surface area contributed by atoms with Crippen LogP contribution in [0.25, 0.3) is 11.1 Å². The van der Waals surface area contributed by atoms with Gasteiger partial charge in [0.15, 0.2) is 23.0 Å². The molecule has 1 aliphatic carbocycles. The lowest BCUT2D eigenvalue weighted by molar-refractivity contribution is -0.139. The van der Waals surface area contributed by atoms with Gasteiger partial charge < -0.3 is 49.6 Å². The van der Waals surface area contributed by atoms with Crippen molar-refractivity contribution in [2.75, 3.05) is 57.3 Å². The first kappa shape index (κ1) is 66.6. The van der Waals surface area contributed by atoms with E-state index >= 15 is 0 Å². The van der Waals surface area contributed by atoms with Gasteiger partial charge in [0.05, 0.1) is 67.9 Å². The minimum absolute atomic E-state index is 0.133. The summed E-state index contributed by atoms with van der Waals surface area (Å²) in [4.78, 5) is 111. The number of nitrogens with one attached hydrogen (secondary N) is 3. The first-order chi connectivity index (χ1) is 46.1. The molecule has 6 heterocycles. The van der Waals surface area contributed by atoms with Crippen LogP contribution >= 0.6 is 0 Å². The molecule has 5 atom stereocenters. The Morgan fingerprint density at radius 2 is 1.22 bits per heavy atom. The second-order valence-corrected chi connectivity index (χ2v) is 25.5. The summed E-state index contributed by atoms with van der Waals surface area (Å²) in [6, 6.07) is 20.4. The molecule has 2 saturated heterocycles. The predicted octanol–water partition coefficient (Wildman–Crippen LogP) is 11.6. The number of rotatable bonds is 26. The number of carbonyl (C=O) groups is 7. The zero-order valence-corrected chi connectivity index (χ0v) is 55.0. The summed E-state index contributed by atoms with van der Waals surface area (Å²) in [7, 11) is 3.06. The molecule has 0 aromatic heterocycles. The van der Waals surface area contributed by atoms with Crippen LogP contribution in [0.1, 0.15) is 137 Å². The van der Waals surface area contributed by atoms with Gasteiger partial charge in [-0.3, -0.25) is 48.4 Å². The number of hydrogen-bond donors (Lipinski definition) is 3. The van der Waals surface area contributed by atoms with Crippen LogP contribution in [0, 0.1) is 17.8 Å². The number of allylic oxidation sites excluding steroid dienone is 7. The number of anilines is 2. The van der Waals surface area contributed by atoms with Gasteiger partial charge in [0.2, 0.25) is 29.5 Å². The first-order valence-corrected chi connectivity index (χ1v) is 33.3. The van der Waals surface area contributed by atoms with Gasteiger partial charge in [-0.2, -0.15) is 0 Å². The highest BCUT2D eigenvalue weighted by atomic mass is 16.5. The van der Waals surface area contributed by atoms with Gasteiger partial charge in [-0.1, -0.05) is 107 Å². The fourth-order valence-electron chi connectivity index (χ4n) is 13.2. The summed E-state index contributed by atoms with van der Waals surface area (Å²) in [6.45, 7) is 10.4. The third kappa shape index (κ3) is 15.5. The van der Waals surface area contributed by atoms with Crippen LogP contribution < -0.4 is 39.8 Å². The number of ether oxygens (including phenoxy) is 4. The SMILES string of the molecule is CCCC1CCN(c2ccc(C3=CN4C(=O)c5cc(OC)c(OCCCOc6cc7c(cc6OC)C(=O)N6C=C(c8ccc(NC(=O)[C@H](C)NC(=O)C(NC(=O)CCCCCN9C(=O)CC(C%10=C/C=C\C=C/C=C%10)C9=O)C(C)C)cc8)C[C@H]6C=N7)cc5N=C[C@@H]4C3)cc2)CC1. The number of aliphatic imine (C=N–C) groups is 2. The average Bonchev–Trinajstić information content (AvgIpc) is 1.66. The Bertz CT molecular complexity index is 3830. The zero-order chi connectivity index (χ0) is 66.7. The van der Waals surface area contributed by atoms with E-state index < -0.39 is 29.8 Å². The molecule has 0 spiro atoms. The van der Waals surface area contributed by atoms with Gasteiger partial charge in [0, 0.05) is 100 Å². The number of benzene rings is 4. The van der Waals surface area contributed by atoms with Crippen LogP contribution in [0.5, 0.6) is 23.0 Å². The van der Waals surface area contributed by atoms with E-state index in [1.807, 2.05) is 87.1 Å². The lowest BCUT2D eigenvalue weighted by Crippen LogP contribution is -2.53. The van der Waals surface area contributed by atoms with Crippen LogP contribution in [0.4, 0.5) is 22.7 Å². The Morgan fingerprint density at radius 1 is 0.642 bits per heavy atom. The van der Waals surface area contributed by atoms with Gasteiger partial charge in [0.1, 0.15) is 12.1 Å². The second kappa shape index (κ2) is 30.5. The second-order valence-electron chi connectivity index (χ2n) is 25.5. The molecule has 4 aromatic rings. The third-order valence-corrected chi connectivity index (χ3v) is 18.6. The minimum Gasteiger partial charge on any atom is -0.493 e. The maximum atomic E-state index is 14.2. The molecule has 11 rings (SSSR count). The smallest absolute Gasteiger partial charge is 0.260 e. The molecular weight excluding hydrogens is 1200 g/mol. The maximum absolute atomic E-state index is 14.2. The van der Waals surface area contributed by atoms with E-state index in [4.69, 9.17) is 28.9 Å². The van der Waals surface area contributed by atoms with Crippen molar-refractivity contribution < 1.29 is 52.5 Å². The summed E-state index contributed by atoms with van der Waals surface area (Å²) in [5.74, 6) is -0.376. The van der Waals surface area contributed by atoms with E-state index in [9.17, 15) is 33.6 Å². The summed E-state index contributed by atoms with van der Waals surface area (Å²) >= 11 is 0. The van der Waals surface area contributed by atoms with Crippen LogP contribution in [0.15, 0.2) is 143 Å². The van der Waals surface area contributed by atoms with Gasteiger partial charge in [0.25, 0.3) is 11.8 Å². The molecule has 20 nitrogen and oxygen atoms in total. The maximum Gasteiger partial charge on any atom is 0.260 e. The number of nitrogens with zero attached hydrogens (tertiary/aromatic N) is 6. The van der Waals surface area contributed by atoms with Crippen molar-refractivity contribution in [3.05, 3.63) is 156 Å². The van der Waals surface area contributed by atoms with Crippen LogP contribution in [0.2, 0.25) is 0 Å². The standard InChI is InChI=1S/C75H85N9O11/c1-7-17-49-29-32-81(33-30-49)56-27-23-51(24-28-56)54-37-58-44-77-63-42-67(65(93-6)39-61(63)75(91)84(58)46-54)95-35-16-34-94-66-41-62-60(38-64(66)92-5)74(90)83-45-53(36-57(83)43-76-62)50-21-25-55(26-22-50)79-71(87)48(4)78-72(88)70(47(2)3)80-68(85)20-14-11-15-31-82-69(86)40-59(73(82)89)52-18-12-9-8-10-13-19-52/h8-10,12-13,18-19,21-28,38-39,41-49,57-59,70H,7,11,14-17,20,29-37,40H2,1-6H3,(H,78,88)(H,79,87)(H,80,85)/b9-8-,10-8?,12-9?,13-10-,18-12?,19-13?,52-18?,52-19?/t48-,57-,58-,59?,70?/m0/s1. The van der Waals surface area contributed by atoms with Crippen molar-refractivity contribution in [1.29, 1.82) is 0 Å². The van der Waals surface area contributed by atoms with E-state index in [-0.39, 0.29) is 80.1 Å². The summed E-state index contributed by atoms with van der Waals surface area (Å²) < 4.78 is 23.9. The number of fused-ring (bicyclic) bond motifs is 4. The van der Waals surface area contributed by atoms with E-state index in [0.29, 0.717) is 89.7 Å². The van der Waals surface area contributed by atoms with E-state index in [1.165, 1.54) is 43.4 Å². The van der Waals surface area contributed by atoms with E-state index in [1.54, 1.807) is 66.4 Å². The number of hydrogen-bond acceptors (Lipinski definition) is 14. The Labute approximate surface area is 555 Å². The number of amides is 7. The number of unbranched alkanes of at least 4 members (excludes halogenated alkanes) is 2. The van der Waals surface area contributed by atoms with E-state index in [0.717, 1.165) is 46.9 Å². The lowest BCUT2D eigenvalue weighted by Gasteiger charge is -2.33. The summed E-state index contributed by atoms with van der Waals surface area (Å²) in [5, 5.41) is 8.44. The molecule has 7 aliphatic rings. The summed E-state index contributed by atoms with van der Waals surface area (Å²) in [5.41, 5.74) is 8.20. The van der Waals surface area contributed by atoms with Gasteiger partial charge >= 0.3 is 0 Å². The normalized spacial score (nSPS) is 20.2. The lowest BCUT2D eigenvalue weighted by atomic mass is 9.92. The molecule has 7 amide bonds. The van der Waals surface area contributed by atoms with Crippen LogP contribution in [-0.2, 0) is 24.0 Å². The highest BCUT2D eigenvalue weighted by molar-refractivity contribution is 6.07. The Kier molecular flexibility index (Phi) is 21.4. The first-order valence-electron chi connectivity index (χ1n) is 33.3. The minimum atomic E-state index is -0.936. The largest absolute Gasteiger partial charge is 0.493 e.